The molecule has 7 aliphatic rings. The van der Waals surface area contributed by atoms with E-state index in [0.717, 1.165) is 17.8 Å². The Morgan fingerprint density at radius 3 is 2.14 bits per heavy atom. The molecule has 0 saturated heterocycles. The van der Waals surface area contributed by atoms with E-state index in [9.17, 15) is 0 Å². The van der Waals surface area contributed by atoms with Crippen LogP contribution in [0, 0.1) is 23.2 Å². The van der Waals surface area contributed by atoms with Gasteiger partial charge in [0.2, 0.25) is 0 Å². The second-order valence-corrected chi connectivity index (χ2v) is 19.3. The van der Waals surface area contributed by atoms with Crippen LogP contribution in [0.2, 0.25) is 0 Å². The van der Waals surface area contributed by atoms with E-state index >= 15 is 0 Å². The molecular formula is C34H40Cl2Zr. The topological polar surface area (TPSA) is 0 Å². The average molecular weight is 611 g/mol. The van der Waals surface area contributed by atoms with E-state index < -0.39 is 21.3 Å². The summed E-state index contributed by atoms with van der Waals surface area (Å²) in [4.78, 5) is 0. The van der Waals surface area contributed by atoms with Crippen molar-refractivity contribution in [3.05, 3.63) is 74.6 Å². The minimum Gasteiger partial charge on any atom is -0.147 e. The Morgan fingerprint density at radius 2 is 1.41 bits per heavy atom. The molecule has 0 nitrogen and oxygen atoms in total. The van der Waals surface area contributed by atoms with Crippen molar-refractivity contribution in [3.63, 3.8) is 0 Å². The van der Waals surface area contributed by atoms with Crippen LogP contribution in [0.1, 0.15) is 88.2 Å². The number of benzene rings is 2. The molecule has 0 amide bonds. The molecule has 0 aliphatic heterocycles. The van der Waals surface area contributed by atoms with Crippen molar-refractivity contribution in [1.29, 1.82) is 0 Å². The summed E-state index contributed by atoms with van der Waals surface area (Å²) in [5.41, 5.74) is 8.84. The maximum absolute atomic E-state index is 2.68. The Balaban J connectivity index is 0.00000126. The Labute approximate surface area is 243 Å². The molecule has 37 heavy (non-hydrogen) atoms. The largest absolute Gasteiger partial charge is 0.147 e. The molecule has 2 aromatic rings. The Hall–Kier alpha value is -0.747. The molecule has 194 valence electrons. The zero-order valence-electron chi connectivity index (χ0n) is 21.9. The molecule has 3 heteroatoms. The third-order valence-corrected chi connectivity index (χ3v) is 18.9. The van der Waals surface area contributed by atoms with E-state index in [1.165, 1.54) is 69.8 Å². The third kappa shape index (κ3) is 4.30. The van der Waals surface area contributed by atoms with Crippen molar-refractivity contribution >= 4 is 31.3 Å². The number of hydrogen-bond acceptors (Lipinski definition) is 0. The summed E-state index contributed by atoms with van der Waals surface area (Å²) in [6.07, 6.45) is 24.2. The van der Waals surface area contributed by atoms with Gasteiger partial charge in [0, 0.05) is 0 Å². The van der Waals surface area contributed by atoms with Gasteiger partial charge in [0.25, 0.3) is 0 Å². The summed E-state index contributed by atoms with van der Waals surface area (Å²) in [7, 11) is 0. The Bertz CT molecular complexity index is 1270. The fraction of sp³-hybridized carbons (Fsp3) is 0.500. The number of hydrogen-bond donors (Lipinski definition) is 0. The molecular weight excluding hydrogens is 571 g/mol. The summed E-state index contributed by atoms with van der Waals surface area (Å²) in [6, 6.07) is 16.7. The smallest absolute Gasteiger partial charge is 0.147 e. The van der Waals surface area contributed by atoms with Crippen LogP contribution < -0.4 is 3.27 Å². The summed E-state index contributed by atoms with van der Waals surface area (Å²) in [5.74, 6) is 3.11. The summed E-state index contributed by atoms with van der Waals surface area (Å²) >= 11 is -2.15. The number of fused-ring (bicyclic) bond motifs is 3. The third-order valence-electron chi connectivity index (χ3n) is 10.8. The molecule has 0 radical (unpaired) electrons. The van der Waals surface area contributed by atoms with Gasteiger partial charge in [0.1, 0.15) is 0 Å². The molecule has 0 N–H and O–H groups in total. The molecule has 5 fully saturated rings. The normalized spacial score (nSPS) is 30.6. The second-order valence-electron chi connectivity index (χ2n) is 12.9. The van der Waals surface area contributed by atoms with Gasteiger partial charge in [-0.1, -0.05) is 0 Å². The van der Waals surface area contributed by atoms with Crippen molar-refractivity contribution in [2.75, 3.05) is 0 Å². The van der Waals surface area contributed by atoms with Crippen molar-refractivity contribution < 1.29 is 21.3 Å². The van der Waals surface area contributed by atoms with Crippen LogP contribution in [0.4, 0.5) is 0 Å². The van der Waals surface area contributed by atoms with Crippen LogP contribution >= 0.6 is 24.8 Å². The van der Waals surface area contributed by atoms with E-state index in [1.54, 1.807) is 36.0 Å². The van der Waals surface area contributed by atoms with Crippen molar-refractivity contribution in [3.8, 4) is 11.1 Å². The van der Waals surface area contributed by atoms with Gasteiger partial charge in [0.05, 0.1) is 0 Å². The predicted octanol–water partition coefficient (Wildman–Crippen LogP) is 8.91. The molecule has 2 aromatic carbocycles. The van der Waals surface area contributed by atoms with Crippen LogP contribution in [-0.4, -0.2) is 3.21 Å². The first-order valence-electron chi connectivity index (χ1n) is 14.6. The van der Waals surface area contributed by atoms with Gasteiger partial charge in [-0.25, -0.2) is 0 Å². The molecule has 0 heterocycles. The van der Waals surface area contributed by atoms with E-state index in [4.69, 9.17) is 0 Å². The first-order chi connectivity index (χ1) is 17.3. The second kappa shape index (κ2) is 10.3. The van der Waals surface area contributed by atoms with Gasteiger partial charge in [-0.15, -0.1) is 24.8 Å². The molecule has 0 unspecified atom stereocenters. The first kappa shape index (κ1) is 26.5. The van der Waals surface area contributed by atoms with E-state index in [2.05, 4.69) is 57.8 Å². The number of rotatable bonds is 3. The molecule has 5 saturated carbocycles. The van der Waals surface area contributed by atoms with Crippen molar-refractivity contribution in [2.45, 2.75) is 83.5 Å². The summed E-state index contributed by atoms with van der Waals surface area (Å²) in [5, 5.41) is 0. The van der Waals surface area contributed by atoms with E-state index in [0.29, 0.717) is 5.41 Å². The van der Waals surface area contributed by atoms with Gasteiger partial charge in [-0.3, -0.25) is 0 Å². The van der Waals surface area contributed by atoms with E-state index in [-0.39, 0.29) is 24.8 Å². The fourth-order valence-electron chi connectivity index (χ4n) is 9.87. The molecule has 0 atom stereocenters. The fourth-order valence-corrected chi connectivity index (χ4v) is 19.0. The van der Waals surface area contributed by atoms with Crippen LogP contribution in [0.15, 0.2) is 63.5 Å². The van der Waals surface area contributed by atoms with Gasteiger partial charge in [0.15, 0.2) is 0 Å². The maximum Gasteiger partial charge on any atom is -0.147 e. The average Bonchev–Trinajstić information content (AvgIpc) is 3.50. The molecule has 9 rings (SSSR count). The molecule has 7 aliphatic carbocycles. The van der Waals surface area contributed by atoms with Crippen molar-refractivity contribution in [1.82, 2.24) is 0 Å². The van der Waals surface area contributed by atoms with Crippen LogP contribution in [0.3, 0.4) is 0 Å². The maximum atomic E-state index is 2.68. The van der Waals surface area contributed by atoms with Crippen LogP contribution in [-0.2, 0) is 27.7 Å². The first-order valence-corrected chi connectivity index (χ1v) is 18.3. The molecule has 0 aromatic heterocycles. The Morgan fingerprint density at radius 1 is 0.730 bits per heavy atom. The molecule has 4 bridgehead atoms. The SMILES string of the molecule is C1=CC(C23CC4CC(CC(C4)C2)C3)=[C]([Zr](=[C]2CCCCC2)[c]2cccc3c2Cc2ccccc2-3)C1.Cl.Cl. The van der Waals surface area contributed by atoms with E-state index in [1.807, 2.05) is 12.1 Å². The number of allylic oxidation sites excluding steroid dienone is 4. The minimum atomic E-state index is -2.15. The van der Waals surface area contributed by atoms with Gasteiger partial charge >= 0.3 is 220 Å². The zero-order chi connectivity index (χ0) is 23.0. The quantitative estimate of drug-likeness (QED) is 0.278. The number of halogens is 2. The predicted molar refractivity (Wildman–Crippen MR) is 158 cm³/mol. The Kier molecular flexibility index (Phi) is 7.40. The van der Waals surface area contributed by atoms with Gasteiger partial charge < -0.3 is 0 Å². The molecule has 0 spiro atoms. The standard InChI is InChI=1S/C15H19.C13H9.C6H10.2ClH.Zr/c1-2-4-14(3-1)15-8-11-5-12(9-15)7-13(6-11)10-15;1-3-7-12-10(5-1)9-11-6-2-4-8-13(11)12;1-2-4-6-5-3-1;;;/h1,3,11-13H,2,5-10H2;1-5,7-8H,9H2;1-5H2;2*1H;. The van der Waals surface area contributed by atoms with Gasteiger partial charge in [-0.2, -0.15) is 0 Å². The minimum absolute atomic E-state index is 0. The summed E-state index contributed by atoms with van der Waals surface area (Å²) < 4.78 is 5.94. The summed E-state index contributed by atoms with van der Waals surface area (Å²) in [6.45, 7) is 0. The van der Waals surface area contributed by atoms with Crippen LogP contribution in [0.5, 0.6) is 0 Å². The van der Waals surface area contributed by atoms with Gasteiger partial charge in [-0.05, 0) is 0 Å². The zero-order valence-corrected chi connectivity index (χ0v) is 26.0. The monoisotopic (exact) mass is 608 g/mol. The van der Waals surface area contributed by atoms with Crippen molar-refractivity contribution in [2.24, 2.45) is 23.2 Å². The van der Waals surface area contributed by atoms with Crippen LogP contribution in [0.25, 0.3) is 11.1 Å².